The summed E-state index contributed by atoms with van der Waals surface area (Å²) < 4.78 is 1.68. The van der Waals surface area contributed by atoms with E-state index in [1.165, 1.54) is 0 Å². The molecule has 0 radical (unpaired) electrons. The van der Waals surface area contributed by atoms with Crippen molar-refractivity contribution < 1.29 is 0 Å². The molecule has 0 atom stereocenters. The van der Waals surface area contributed by atoms with Crippen molar-refractivity contribution >= 4 is 0 Å². The Morgan fingerprint density at radius 3 is 2.76 bits per heavy atom. The second kappa shape index (κ2) is 4.94. The minimum absolute atomic E-state index is 0.305. The molecule has 0 saturated heterocycles. The van der Waals surface area contributed by atoms with Gasteiger partial charge in [-0.15, -0.1) is 5.10 Å². The highest BCUT2D eigenvalue weighted by Crippen LogP contribution is 2.19. The SMILES string of the molecule is CCC(CC)c1cn(Cc2n[nH]c(=O)[nH]2)nn1. The maximum atomic E-state index is 10.9. The predicted octanol–water partition coefficient (Wildman–Crippen LogP) is 0.641. The average molecular weight is 236 g/mol. The number of H-pyrrole nitrogens is 2. The highest BCUT2D eigenvalue weighted by molar-refractivity contribution is 5.01. The van der Waals surface area contributed by atoms with E-state index in [1.54, 1.807) is 4.68 Å². The van der Waals surface area contributed by atoms with Crippen molar-refractivity contribution in [2.75, 3.05) is 0 Å². The van der Waals surface area contributed by atoms with Crippen LogP contribution in [-0.2, 0) is 6.54 Å². The molecule has 0 amide bonds. The summed E-state index contributed by atoms with van der Waals surface area (Å²) in [7, 11) is 0. The Labute approximate surface area is 98.3 Å². The van der Waals surface area contributed by atoms with Crippen LogP contribution in [0.3, 0.4) is 0 Å². The van der Waals surface area contributed by atoms with E-state index in [0.717, 1.165) is 18.5 Å². The molecule has 0 aromatic carbocycles. The second-order valence-corrected chi connectivity index (χ2v) is 3.98. The summed E-state index contributed by atoms with van der Waals surface area (Å²) >= 11 is 0. The lowest BCUT2D eigenvalue weighted by Crippen LogP contribution is -2.05. The van der Waals surface area contributed by atoms with Crippen LogP contribution in [0.2, 0.25) is 0 Å². The number of hydrogen-bond acceptors (Lipinski definition) is 4. The fraction of sp³-hybridized carbons (Fsp3) is 0.600. The average Bonchev–Trinajstić information content (AvgIpc) is 2.91. The van der Waals surface area contributed by atoms with Crippen molar-refractivity contribution in [3.63, 3.8) is 0 Å². The second-order valence-electron chi connectivity index (χ2n) is 3.98. The maximum Gasteiger partial charge on any atom is 0.340 e. The van der Waals surface area contributed by atoms with Crippen molar-refractivity contribution in [3.05, 3.63) is 28.2 Å². The van der Waals surface area contributed by atoms with Crippen LogP contribution in [-0.4, -0.2) is 30.2 Å². The molecule has 0 aliphatic heterocycles. The van der Waals surface area contributed by atoms with Crippen molar-refractivity contribution in [1.29, 1.82) is 0 Å². The predicted molar refractivity (Wildman–Crippen MR) is 61.7 cm³/mol. The van der Waals surface area contributed by atoms with Crippen molar-refractivity contribution in [1.82, 2.24) is 30.2 Å². The molecule has 0 unspecified atom stereocenters. The summed E-state index contributed by atoms with van der Waals surface area (Å²) in [6.45, 7) is 4.70. The highest BCUT2D eigenvalue weighted by Gasteiger charge is 2.11. The van der Waals surface area contributed by atoms with Gasteiger partial charge in [-0.1, -0.05) is 19.1 Å². The Balaban J connectivity index is 2.10. The smallest absolute Gasteiger partial charge is 0.291 e. The first kappa shape index (κ1) is 11.6. The van der Waals surface area contributed by atoms with Gasteiger partial charge >= 0.3 is 5.69 Å². The third-order valence-corrected chi connectivity index (χ3v) is 2.82. The lowest BCUT2D eigenvalue weighted by Gasteiger charge is -2.06. The van der Waals surface area contributed by atoms with Gasteiger partial charge in [-0.2, -0.15) is 5.10 Å². The molecule has 7 nitrogen and oxygen atoms in total. The van der Waals surface area contributed by atoms with E-state index in [2.05, 4.69) is 39.3 Å². The molecule has 0 aliphatic rings. The summed E-state index contributed by atoms with van der Waals surface area (Å²) in [5.74, 6) is 0.998. The molecule has 2 rings (SSSR count). The van der Waals surface area contributed by atoms with Crippen LogP contribution < -0.4 is 5.69 Å². The van der Waals surface area contributed by atoms with E-state index in [9.17, 15) is 4.79 Å². The fourth-order valence-corrected chi connectivity index (χ4v) is 1.82. The Bertz CT molecular complexity index is 521. The molecule has 0 saturated carbocycles. The third-order valence-electron chi connectivity index (χ3n) is 2.82. The van der Waals surface area contributed by atoms with Crippen molar-refractivity contribution in [2.24, 2.45) is 0 Å². The van der Waals surface area contributed by atoms with Crippen LogP contribution in [0.25, 0.3) is 0 Å². The molecule has 7 heteroatoms. The van der Waals surface area contributed by atoms with E-state index in [-0.39, 0.29) is 5.69 Å². The van der Waals surface area contributed by atoms with E-state index in [4.69, 9.17) is 0 Å². The van der Waals surface area contributed by atoms with E-state index >= 15 is 0 Å². The molecular weight excluding hydrogens is 220 g/mol. The molecule has 2 heterocycles. The summed E-state index contributed by atoms with van der Waals surface area (Å²) in [5, 5.41) is 14.3. The van der Waals surface area contributed by atoms with Crippen LogP contribution in [0.5, 0.6) is 0 Å². The van der Waals surface area contributed by atoms with Gasteiger partial charge in [-0.25, -0.2) is 14.6 Å². The first-order valence-electron chi connectivity index (χ1n) is 5.76. The molecule has 2 N–H and O–H groups in total. The van der Waals surface area contributed by atoms with E-state index in [1.807, 2.05) is 6.20 Å². The number of aromatic amines is 2. The largest absolute Gasteiger partial charge is 0.340 e. The van der Waals surface area contributed by atoms with Gasteiger partial charge in [-0.05, 0) is 12.8 Å². The van der Waals surface area contributed by atoms with Gasteiger partial charge in [-0.3, -0.25) is 4.98 Å². The molecular formula is C10H16N6O. The summed E-state index contributed by atoms with van der Waals surface area (Å²) in [6.07, 6.45) is 4.01. The number of hydrogen-bond donors (Lipinski definition) is 2. The number of nitrogens with zero attached hydrogens (tertiary/aromatic N) is 4. The summed E-state index contributed by atoms with van der Waals surface area (Å²) in [6, 6.07) is 0. The molecule has 0 fully saturated rings. The van der Waals surface area contributed by atoms with Gasteiger partial charge in [0.05, 0.1) is 5.69 Å². The summed E-state index contributed by atoms with van der Waals surface area (Å²) in [4.78, 5) is 13.4. The van der Waals surface area contributed by atoms with Gasteiger partial charge in [0.25, 0.3) is 0 Å². The molecule has 0 bridgehead atoms. The van der Waals surface area contributed by atoms with Gasteiger partial charge in [0.1, 0.15) is 6.54 Å². The first-order chi connectivity index (χ1) is 8.22. The fourth-order valence-electron chi connectivity index (χ4n) is 1.82. The first-order valence-corrected chi connectivity index (χ1v) is 5.76. The van der Waals surface area contributed by atoms with Gasteiger partial charge in [0.2, 0.25) is 0 Å². The molecule has 0 aliphatic carbocycles. The zero-order valence-corrected chi connectivity index (χ0v) is 9.97. The molecule has 0 spiro atoms. The lowest BCUT2D eigenvalue weighted by molar-refractivity contribution is 0.614. The van der Waals surface area contributed by atoms with E-state index < -0.39 is 0 Å². The Morgan fingerprint density at radius 2 is 2.18 bits per heavy atom. The standard InChI is InChI=1S/C10H16N6O/c1-3-7(4-2)8-5-16(15-12-8)6-9-11-10(17)14-13-9/h5,7H,3-4,6H2,1-2H3,(H2,11,13,14,17). The Hall–Kier alpha value is -1.92. The van der Waals surface area contributed by atoms with Crippen LogP contribution in [0.1, 0.15) is 44.1 Å². The quantitative estimate of drug-likeness (QED) is 0.796. The summed E-state index contributed by atoms with van der Waals surface area (Å²) in [5.41, 5.74) is 0.688. The normalized spacial score (nSPS) is 11.2. The van der Waals surface area contributed by atoms with Gasteiger partial charge in [0.15, 0.2) is 5.82 Å². The number of rotatable bonds is 5. The van der Waals surface area contributed by atoms with Gasteiger partial charge < -0.3 is 0 Å². The Morgan fingerprint density at radius 1 is 1.41 bits per heavy atom. The minimum Gasteiger partial charge on any atom is -0.291 e. The van der Waals surface area contributed by atoms with Crippen LogP contribution in [0.4, 0.5) is 0 Å². The number of aromatic nitrogens is 6. The van der Waals surface area contributed by atoms with Crippen LogP contribution in [0, 0.1) is 0 Å². The maximum absolute atomic E-state index is 10.9. The molecule has 17 heavy (non-hydrogen) atoms. The van der Waals surface area contributed by atoms with Crippen LogP contribution in [0.15, 0.2) is 11.0 Å². The molecule has 2 aromatic rings. The monoisotopic (exact) mass is 236 g/mol. The minimum atomic E-state index is -0.305. The third kappa shape index (κ3) is 2.61. The van der Waals surface area contributed by atoms with Gasteiger partial charge in [0, 0.05) is 12.1 Å². The Kier molecular flexibility index (Phi) is 3.36. The lowest BCUT2D eigenvalue weighted by atomic mass is 10.0. The van der Waals surface area contributed by atoms with Crippen molar-refractivity contribution in [2.45, 2.75) is 39.2 Å². The van der Waals surface area contributed by atoms with Crippen molar-refractivity contribution in [3.8, 4) is 0 Å². The number of nitrogens with one attached hydrogen (secondary N) is 2. The zero-order valence-electron chi connectivity index (χ0n) is 9.97. The highest BCUT2D eigenvalue weighted by atomic mass is 16.1. The van der Waals surface area contributed by atoms with Crippen LogP contribution >= 0.6 is 0 Å². The van der Waals surface area contributed by atoms with E-state index in [0.29, 0.717) is 18.3 Å². The molecule has 2 aromatic heterocycles. The molecule has 92 valence electrons. The zero-order chi connectivity index (χ0) is 12.3. The topological polar surface area (TPSA) is 92.2 Å².